The third kappa shape index (κ3) is 7.83. The Bertz CT molecular complexity index is 1990. The van der Waals surface area contributed by atoms with Crippen LogP contribution in [-0.4, -0.2) is 49.8 Å². The zero-order valence-electron chi connectivity index (χ0n) is 28.1. The van der Waals surface area contributed by atoms with Crippen molar-refractivity contribution in [2.24, 2.45) is 0 Å². The summed E-state index contributed by atoms with van der Waals surface area (Å²) in [6.07, 6.45) is 11.8. The van der Waals surface area contributed by atoms with Gasteiger partial charge in [0.05, 0.1) is 42.9 Å². The number of methoxy groups -OCH3 is 1. The molecule has 49 heavy (non-hydrogen) atoms. The number of amides is 1. The lowest BCUT2D eigenvalue weighted by Gasteiger charge is -2.35. The summed E-state index contributed by atoms with van der Waals surface area (Å²) in [6, 6.07) is 12.7. The summed E-state index contributed by atoms with van der Waals surface area (Å²) in [5.74, 6) is -3.49. The minimum atomic E-state index is -1.50. The number of rotatable bonds is 8. The van der Waals surface area contributed by atoms with Crippen molar-refractivity contribution in [3.05, 3.63) is 130 Å². The molecule has 11 heteroatoms. The minimum absolute atomic E-state index is 0.162. The van der Waals surface area contributed by atoms with Gasteiger partial charge in [0.1, 0.15) is 12.0 Å². The number of carbonyl (C=O) groups is 2. The molecule has 1 unspecified atom stereocenters. The highest BCUT2D eigenvalue weighted by atomic mass is 19.2. The van der Waals surface area contributed by atoms with Crippen LogP contribution >= 0.6 is 0 Å². The normalized spacial score (nSPS) is 14.4. The Morgan fingerprint density at radius 3 is 2.04 bits per heavy atom. The Morgan fingerprint density at radius 2 is 1.49 bits per heavy atom. The smallest absolute Gasteiger partial charge is 0.250 e. The van der Waals surface area contributed by atoms with Gasteiger partial charge < -0.3 is 18.8 Å². The van der Waals surface area contributed by atoms with Crippen molar-refractivity contribution in [1.29, 1.82) is 0 Å². The number of ether oxygens (including phenoxy) is 1. The number of hydrogen-bond acceptors (Lipinski definition) is 5. The lowest BCUT2D eigenvalue weighted by atomic mass is 9.95. The van der Waals surface area contributed by atoms with Gasteiger partial charge in [0, 0.05) is 35.8 Å². The molecule has 0 bridgehead atoms. The Morgan fingerprint density at radius 1 is 0.878 bits per heavy atom. The molecule has 1 fully saturated rings. The van der Waals surface area contributed by atoms with Crippen molar-refractivity contribution in [3.63, 3.8) is 0 Å². The van der Waals surface area contributed by atoms with E-state index in [4.69, 9.17) is 4.74 Å². The third-order valence-corrected chi connectivity index (χ3v) is 8.42. The van der Waals surface area contributed by atoms with Crippen molar-refractivity contribution in [2.45, 2.75) is 53.0 Å². The van der Waals surface area contributed by atoms with Crippen LogP contribution in [0.25, 0.3) is 17.5 Å². The molecule has 0 saturated carbocycles. The molecule has 0 radical (unpaired) electrons. The van der Waals surface area contributed by atoms with E-state index in [9.17, 15) is 22.8 Å². The summed E-state index contributed by atoms with van der Waals surface area (Å²) in [5.41, 5.74) is 7.21. The molecule has 8 nitrogen and oxygen atoms in total. The van der Waals surface area contributed by atoms with E-state index in [1.807, 2.05) is 79.6 Å². The zero-order chi connectivity index (χ0) is 35.2. The van der Waals surface area contributed by atoms with Gasteiger partial charge in [-0.3, -0.25) is 9.59 Å². The van der Waals surface area contributed by atoms with E-state index in [1.54, 1.807) is 36.8 Å². The van der Waals surface area contributed by atoms with Crippen LogP contribution in [0.15, 0.2) is 79.2 Å². The molecule has 1 aliphatic rings. The molecule has 3 aromatic carbocycles. The standard InChI is InChI=1S/C26H26F3N3O.C12H12N2O2/c1-4-23(20-12-21(27)25(29)22(28)13-20)32-9-5-6-19(26(32)33)11-18-7-8-24(16(2)10-18)31-14-17(3)30-15-31;1-9-6-14(8-13-9)11-4-3-10(7-15)5-12(11)16-2/h7-8,10-15,23H,4-6,9H2,1-3H3;3-8H,1-2H3/b19-11+;. The van der Waals surface area contributed by atoms with E-state index in [2.05, 4.69) is 9.97 Å². The molecule has 1 amide bonds. The lowest BCUT2D eigenvalue weighted by Crippen LogP contribution is -2.39. The Kier molecular flexibility index (Phi) is 10.8. The molecule has 254 valence electrons. The highest BCUT2D eigenvalue weighted by Crippen LogP contribution is 2.33. The molecule has 6 rings (SSSR count). The van der Waals surface area contributed by atoms with Crippen LogP contribution in [0, 0.1) is 38.2 Å². The number of carbonyl (C=O) groups excluding carboxylic acids is 2. The molecule has 1 atom stereocenters. The van der Waals surface area contributed by atoms with E-state index in [1.165, 1.54) is 0 Å². The first-order chi connectivity index (χ1) is 23.5. The first-order valence-electron chi connectivity index (χ1n) is 15.9. The molecule has 0 spiro atoms. The molecule has 1 aliphatic heterocycles. The van der Waals surface area contributed by atoms with E-state index in [-0.39, 0.29) is 11.5 Å². The summed E-state index contributed by atoms with van der Waals surface area (Å²) in [7, 11) is 1.58. The van der Waals surface area contributed by atoms with Gasteiger partial charge in [0.25, 0.3) is 0 Å². The number of likely N-dealkylation sites (tertiary alicyclic amines) is 1. The zero-order valence-corrected chi connectivity index (χ0v) is 28.1. The van der Waals surface area contributed by atoms with E-state index in [0.29, 0.717) is 36.3 Å². The number of halogens is 3. The summed E-state index contributed by atoms with van der Waals surface area (Å²) >= 11 is 0. The fraction of sp³-hybridized carbons (Fsp3) is 0.263. The summed E-state index contributed by atoms with van der Waals surface area (Å²) < 4.78 is 50.1. The van der Waals surface area contributed by atoms with Crippen molar-refractivity contribution in [1.82, 2.24) is 24.0 Å². The Hall–Kier alpha value is -5.45. The largest absolute Gasteiger partial charge is 0.495 e. The molecule has 3 heterocycles. The van der Waals surface area contributed by atoms with Crippen molar-refractivity contribution >= 4 is 18.3 Å². The topological polar surface area (TPSA) is 82.3 Å². The van der Waals surface area contributed by atoms with Crippen LogP contribution in [0.4, 0.5) is 13.2 Å². The molecular weight excluding hydrogens is 631 g/mol. The quantitative estimate of drug-likeness (QED) is 0.0949. The maximum absolute atomic E-state index is 13.8. The predicted octanol–water partition coefficient (Wildman–Crippen LogP) is 8.07. The third-order valence-electron chi connectivity index (χ3n) is 8.42. The second kappa shape index (κ2) is 15.2. The molecule has 0 aliphatic carbocycles. The van der Waals surface area contributed by atoms with Crippen molar-refractivity contribution in [2.75, 3.05) is 13.7 Å². The highest BCUT2D eigenvalue weighted by Gasteiger charge is 2.30. The van der Waals surface area contributed by atoms with Gasteiger partial charge >= 0.3 is 0 Å². The molecule has 2 aromatic heterocycles. The monoisotopic (exact) mass is 669 g/mol. The molecule has 0 N–H and O–H groups in total. The SMILES string of the molecule is CCC(c1cc(F)c(F)c(F)c1)N1CCC/C(=C\c2ccc(-n3cnc(C)c3)c(C)c2)C1=O.COc1cc(C=O)ccc1-n1cnc(C)c1. The van der Waals surface area contributed by atoms with Gasteiger partial charge in [0.15, 0.2) is 17.5 Å². The second-order valence-electron chi connectivity index (χ2n) is 11.9. The number of piperidine rings is 1. The fourth-order valence-electron chi connectivity index (χ4n) is 6.01. The van der Waals surface area contributed by atoms with Gasteiger partial charge in [0.2, 0.25) is 5.91 Å². The number of aldehydes is 1. The first-order valence-corrected chi connectivity index (χ1v) is 15.9. The van der Waals surface area contributed by atoms with Crippen LogP contribution in [0.3, 0.4) is 0 Å². The summed E-state index contributed by atoms with van der Waals surface area (Å²) in [4.78, 5) is 34.0. The maximum atomic E-state index is 13.8. The predicted molar refractivity (Wildman–Crippen MR) is 182 cm³/mol. The average Bonchev–Trinajstić information content (AvgIpc) is 3.73. The number of hydrogen-bond donors (Lipinski definition) is 0. The molecule has 5 aromatic rings. The van der Waals surface area contributed by atoms with E-state index in [0.717, 1.165) is 58.7 Å². The van der Waals surface area contributed by atoms with Crippen molar-refractivity contribution < 1.29 is 27.5 Å². The van der Waals surface area contributed by atoms with Crippen LogP contribution in [0.1, 0.15) is 70.7 Å². The highest BCUT2D eigenvalue weighted by molar-refractivity contribution is 5.98. The number of aromatic nitrogens is 4. The fourth-order valence-corrected chi connectivity index (χ4v) is 6.01. The van der Waals surface area contributed by atoms with Crippen LogP contribution in [0.5, 0.6) is 5.75 Å². The number of aryl methyl sites for hydroxylation is 3. The van der Waals surface area contributed by atoms with Gasteiger partial charge in [-0.25, -0.2) is 23.1 Å². The number of imidazole rings is 2. The van der Waals surface area contributed by atoms with E-state index < -0.39 is 23.5 Å². The van der Waals surface area contributed by atoms with Gasteiger partial charge in [-0.15, -0.1) is 0 Å². The van der Waals surface area contributed by atoms with Gasteiger partial charge in [-0.05, 0) is 105 Å². The Balaban J connectivity index is 0.000000244. The molecule has 1 saturated heterocycles. The number of benzene rings is 3. The van der Waals surface area contributed by atoms with Crippen LogP contribution in [-0.2, 0) is 4.79 Å². The van der Waals surface area contributed by atoms with Crippen LogP contribution in [0.2, 0.25) is 0 Å². The van der Waals surface area contributed by atoms with Crippen LogP contribution < -0.4 is 4.74 Å². The summed E-state index contributed by atoms with van der Waals surface area (Å²) in [5, 5.41) is 0. The van der Waals surface area contributed by atoms with E-state index >= 15 is 0 Å². The minimum Gasteiger partial charge on any atom is -0.495 e. The summed E-state index contributed by atoms with van der Waals surface area (Å²) in [6.45, 7) is 8.18. The first kappa shape index (κ1) is 34.9. The molecular formula is C38H38F3N5O3. The Labute approximate surface area is 283 Å². The van der Waals surface area contributed by atoms with Crippen molar-refractivity contribution in [3.8, 4) is 17.1 Å². The average molecular weight is 670 g/mol. The second-order valence-corrected chi connectivity index (χ2v) is 11.9. The maximum Gasteiger partial charge on any atom is 0.250 e. The van der Waals surface area contributed by atoms with Gasteiger partial charge in [-0.1, -0.05) is 13.0 Å². The number of nitrogens with zero attached hydrogens (tertiary/aromatic N) is 5. The van der Waals surface area contributed by atoms with Gasteiger partial charge in [-0.2, -0.15) is 0 Å². The lowest BCUT2D eigenvalue weighted by molar-refractivity contribution is -0.131.